The number of aromatic nitrogens is 2. The Balaban J connectivity index is 2.44. The summed E-state index contributed by atoms with van der Waals surface area (Å²) in [7, 11) is 0. The Labute approximate surface area is 94.5 Å². The van der Waals surface area contributed by atoms with Crippen molar-refractivity contribution < 1.29 is 4.79 Å². The molecule has 1 aliphatic rings. The van der Waals surface area contributed by atoms with Gasteiger partial charge in [-0.1, -0.05) is 0 Å². The first kappa shape index (κ1) is 10.1. The first-order valence-corrected chi connectivity index (χ1v) is 5.12. The van der Waals surface area contributed by atoms with E-state index in [0.717, 1.165) is 0 Å². The summed E-state index contributed by atoms with van der Waals surface area (Å²) in [5.41, 5.74) is 5.40. The molecule has 1 saturated carbocycles. The molecule has 1 aliphatic carbocycles. The van der Waals surface area contributed by atoms with E-state index < -0.39 is 5.41 Å². The van der Waals surface area contributed by atoms with Gasteiger partial charge in [-0.15, -0.1) is 0 Å². The molecule has 2 rings (SSSR count). The molecule has 0 radical (unpaired) electrons. The third-order valence-corrected chi connectivity index (χ3v) is 3.10. The standard InChI is InChI=1S/C9H7BrN4O/c10-7-5(3-11)13-4-6(14-7)9(1-2-9)8(12)15/h4H,1-2H2,(H2,12,15). The van der Waals surface area contributed by atoms with Crippen LogP contribution in [-0.4, -0.2) is 15.9 Å². The highest BCUT2D eigenvalue weighted by atomic mass is 79.9. The second kappa shape index (κ2) is 3.28. The number of rotatable bonds is 2. The maximum absolute atomic E-state index is 11.2. The number of carbonyl (C=O) groups excluding carboxylic acids is 1. The molecule has 0 saturated heterocycles. The molecule has 1 heterocycles. The van der Waals surface area contributed by atoms with Gasteiger partial charge in [0.15, 0.2) is 5.69 Å². The van der Waals surface area contributed by atoms with Gasteiger partial charge in [0.25, 0.3) is 0 Å². The minimum Gasteiger partial charge on any atom is -0.369 e. The molecule has 1 aromatic heterocycles. The van der Waals surface area contributed by atoms with Gasteiger partial charge in [-0.25, -0.2) is 9.97 Å². The number of nitrogens with zero attached hydrogens (tertiary/aromatic N) is 3. The van der Waals surface area contributed by atoms with Crippen LogP contribution in [0.15, 0.2) is 10.8 Å². The van der Waals surface area contributed by atoms with E-state index in [9.17, 15) is 4.79 Å². The van der Waals surface area contributed by atoms with Crippen LogP contribution in [0.25, 0.3) is 0 Å². The maximum Gasteiger partial charge on any atom is 0.229 e. The number of amides is 1. The van der Waals surface area contributed by atoms with E-state index in [1.807, 2.05) is 6.07 Å². The van der Waals surface area contributed by atoms with E-state index >= 15 is 0 Å². The Kier molecular flexibility index (Phi) is 2.20. The first-order valence-electron chi connectivity index (χ1n) is 4.33. The number of carbonyl (C=O) groups is 1. The zero-order chi connectivity index (χ0) is 11.1. The topological polar surface area (TPSA) is 92.7 Å². The lowest BCUT2D eigenvalue weighted by Crippen LogP contribution is -2.29. The van der Waals surface area contributed by atoms with Crippen LogP contribution in [0, 0.1) is 11.3 Å². The largest absolute Gasteiger partial charge is 0.369 e. The Morgan fingerprint density at radius 1 is 1.67 bits per heavy atom. The Hall–Kier alpha value is -1.48. The van der Waals surface area contributed by atoms with Gasteiger partial charge in [-0.2, -0.15) is 5.26 Å². The average Bonchev–Trinajstić information content (AvgIpc) is 2.98. The fraction of sp³-hybridized carbons (Fsp3) is 0.333. The van der Waals surface area contributed by atoms with Gasteiger partial charge in [-0.3, -0.25) is 4.79 Å². The van der Waals surface area contributed by atoms with E-state index in [4.69, 9.17) is 11.0 Å². The molecule has 5 nitrogen and oxygen atoms in total. The van der Waals surface area contributed by atoms with Gasteiger partial charge < -0.3 is 5.73 Å². The van der Waals surface area contributed by atoms with Crippen LogP contribution in [0.4, 0.5) is 0 Å². The smallest absolute Gasteiger partial charge is 0.229 e. The number of hydrogen-bond acceptors (Lipinski definition) is 4. The summed E-state index contributed by atoms with van der Waals surface area (Å²) in [5.74, 6) is -0.381. The first-order chi connectivity index (χ1) is 7.10. The lowest BCUT2D eigenvalue weighted by Gasteiger charge is -2.09. The number of nitrogens with two attached hydrogens (primary N) is 1. The van der Waals surface area contributed by atoms with E-state index in [0.29, 0.717) is 23.1 Å². The molecular formula is C9H7BrN4O. The van der Waals surface area contributed by atoms with Crippen molar-refractivity contribution in [2.75, 3.05) is 0 Å². The monoisotopic (exact) mass is 266 g/mol. The average molecular weight is 267 g/mol. The molecule has 1 aromatic rings. The summed E-state index contributed by atoms with van der Waals surface area (Å²) in [6, 6.07) is 1.89. The molecule has 0 unspecified atom stereocenters. The summed E-state index contributed by atoms with van der Waals surface area (Å²) < 4.78 is 0.357. The number of halogens is 1. The van der Waals surface area contributed by atoms with Crippen LogP contribution in [-0.2, 0) is 10.2 Å². The normalized spacial score (nSPS) is 16.8. The van der Waals surface area contributed by atoms with Gasteiger partial charge in [0, 0.05) is 0 Å². The predicted molar refractivity (Wildman–Crippen MR) is 54.6 cm³/mol. The number of hydrogen-bond donors (Lipinski definition) is 1. The van der Waals surface area contributed by atoms with Gasteiger partial charge >= 0.3 is 0 Å². The molecule has 0 aliphatic heterocycles. The van der Waals surface area contributed by atoms with Crippen molar-refractivity contribution in [2.45, 2.75) is 18.3 Å². The molecule has 0 bridgehead atoms. The fourth-order valence-electron chi connectivity index (χ4n) is 1.43. The summed E-state index contributed by atoms with van der Waals surface area (Å²) >= 11 is 3.13. The molecule has 1 amide bonds. The van der Waals surface area contributed by atoms with Crippen molar-refractivity contribution in [3.8, 4) is 6.07 Å². The summed E-state index contributed by atoms with van der Waals surface area (Å²) in [6.45, 7) is 0. The van der Waals surface area contributed by atoms with E-state index in [1.54, 1.807) is 0 Å². The van der Waals surface area contributed by atoms with Crippen LogP contribution in [0.1, 0.15) is 24.2 Å². The predicted octanol–water partition coefficient (Wildman–Crippen LogP) is 0.628. The van der Waals surface area contributed by atoms with Crippen molar-refractivity contribution >= 4 is 21.8 Å². The van der Waals surface area contributed by atoms with Crippen LogP contribution in [0.2, 0.25) is 0 Å². The SMILES string of the molecule is N#Cc1ncc(C2(C(N)=O)CC2)nc1Br. The Morgan fingerprint density at radius 3 is 2.73 bits per heavy atom. The minimum atomic E-state index is -0.649. The molecule has 2 N–H and O–H groups in total. The quantitative estimate of drug-likeness (QED) is 0.850. The Bertz CT molecular complexity index is 475. The third-order valence-electron chi connectivity index (χ3n) is 2.55. The zero-order valence-electron chi connectivity index (χ0n) is 7.70. The Morgan fingerprint density at radius 2 is 2.33 bits per heavy atom. The van der Waals surface area contributed by atoms with Gasteiger partial charge in [0.2, 0.25) is 5.91 Å². The molecule has 0 aromatic carbocycles. The van der Waals surface area contributed by atoms with Crippen LogP contribution >= 0.6 is 15.9 Å². The van der Waals surface area contributed by atoms with E-state index in [1.165, 1.54) is 6.20 Å². The molecule has 76 valence electrons. The van der Waals surface area contributed by atoms with Crippen molar-refractivity contribution in [3.63, 3.8) is 0 Å². The minimum absolute atomic E-state index is 0.207. The molecule has 0 spiro atoms. The molecule has 6 heteroatoms. The van der Waals surface area contributed by atoms with Crippen LogP contribution < -0.4 is 5.73 Å². The van der Waals surface area contributed by atoms with Gasteiger partial charge in [-0.05, 0) is 28.8 Å². The summed E-state index contributed by atoms with van der Waals surface area (Å²) in [6.07, 6.45) is 2.85. The van der Waals surface area contributed by atoms with Crippen LogP contribution in [0.5, 0.6) is 0 Å². The summed E-state index contributed by atoms with van der Waals surface area (Å²) in [4.78, 5) is 19.3. The van der Waals surface area contributed by atoms with E-state index in [2.05, 4.69) is 25.9 Å². The molecule has 1 fully saturated rings. The molecular weight excluding hydrogens is 260 g/mol. The van der Waals surface area contributed by atoms with Crippen molar-refractivity contribution in [3.05, 3.63) is 22.2 Å². The zero-order valence-corrected chi connectivity index (χ0v) is 9.28. The lowest BCUT2D eigenvalue weighted by atomic mass is 10.0. The fourth-order valence-corrected chi connectivity index (χ4v) is 1.81. The summed E-state index contributed by atoms with van der Waals surface area (Å²) in [5, 5.41) is 8.66. The van der Waals surface area contributed by atoms with E-state index in [-0.39, 0.29) is 11.6 Å². The third kappa shape index (κ3) is 1.49. The molecule has 0 atom stereocenters. The highest BCUT2D eigenvalue weighted by Gasteiger charge is 2.51. The van der Waals surface area contributed by atoms with Crippen molar-refractivity contribution in [1.82, 2.24) is 9.97 Å². The highest BCUT2D eigenvalue weighted by molar-refractivity contribution is 9.10. The second-order valence-corrected chi connectivity index (χ2v) is 4.20. The van der Waals surface area contributed by atoms with Gasteiger partial charge in [0.05, 0.1) is 17.3 Å². The number of primary amides is 1. The van der Waals surface area contributed by atoms with Crippen LogP contribution in [0.3, 0.4) is 0 Å². The molecule has 15 heavy (non-hydrogen) atoms. The lowest BCUT2D eigenvalue weighted by molar-refractivity contribution is -0.120. The highest BCUT2D eigenvalue weighted by Crippen LogP contribution is 2.47. The maximum atomic E-state index is 11.2. The van der Waals surface area contributed by atoms with Gasteiger partial charge in [0.1, 0.15) is 10.7 Å². The van der Waals surface area contributed by atoms with Crippen molar-refractivity contribution in [1.29, 1.82) is 5.26 Å². The number of nitriles is 1. The van der Waals surface area contributed by atoms with Crippen molar-refractivity contribution in [2.24, 2.45) is 5.73 Å². The second-order valence-electron chi connectivity index (χ2n) is 3.45.